The molecule has 526 valence electrons. The Morgan fingerprint density at radius 2 is 0.518 bits per heavy atom. The van der Waals surface area contributed by atoms with Gasteiger partial charge < -0.3 is 0 Å². The van der Waals surface area contributed by atoms with Gasteiger partial charge in [0.25, 0.3) is 0 Å². The average molecular weight is 1440 g/mol. The molecule has 1 aliphatic carbocycles. The third-order valence-corrected chi connectivity index (χ3v) is 26.3. The topological polar surface area (TPSA) is 0 Å². The first-order valence-corrected chi connectivity index (χ1v) is 40.3. The molecule has 0 saturated carbocycles. The van der Waals surface area contributed by atoms with Crippen LogP contribution in [0.3, 0.4) is 0 Å². The van der Waals surface area contributed by atoms with Crippen molar-refractivity contribution in [1.29, 1.82) is 0 Å². The molecule has 25 aromatic rings. The molecule has 0 spiro atoms. The maximum absolute atomic E-state index is 2.59. The summed E-state index contributed by atoms with van der Waals surface area (Å²) in [6.07, 6.45) is 2.06. The summed E-state index contributed by atoms with van der Waals surface area (Å²) in [5.41, 5.74) is 23.9. The second-order valence-electron chi connectivity index (χ2n) is 32.1. The van der Waals surface area contributed by atoms with E-state index in [9.17, 15) is 0 Å². The number of fused-ring (bicyclic) bond motifs is 24. The lowest BCUT2D eigenvalue weighted by Gasteiger charge is -2.24. The number of rotatable bonds is 6. The zero-order valence-electron chi connectivity index (χ0n) is 63.1. The van der Waals surface area contributed by atoms with Gasteiger partial charge in [-0.05, 0) is 330 Å². The van der Waals surface area contributed by atoms with Crippen LogP contribution in [0.2, 0.25) is 0 Å². The third kappa shape index (κ3) is 8.83. The van der Waals surface area contributed by atoms with Crippen LogP contribution in [-0.2, 0) is 12.8 Å². The molecule has 0 N–H and O–H groups in total. The molecular weight excluding hydrogens is 1370 g/mol. The first-order chi connectivity index (χ1) is 56.5. The van der Waals surface area contributed by atoms with Crippen LogP contribution >= 0.6 is 0 Å². The summed E-state index contributed by atoms with van der Waals surface area (Å²) in [5.74, 6) is 0. The molecule has 0 radical (unpaired) electrons. The SMILES string of the molecule is Cc1cccc(C)c1-c1ccc2c(c1)CCc1cc3c4c(-c5ccccc5)c5cc6c7ccccc7c7cccc(c5c(-c5ccccc5)c4c4cccc(c1-2)c34)c76.c1ccc(-c2ccc3c(ccc4cc5c6c(-c7ccccc7)c7cc8c9ccccc9c9cccc(c7c(-c7ccccc7)c6c6cccc(c43)c56)c98)c2)cc1. The van der Waals surface area contributed by atoms with Crippen molar-refractivity contribution in [3.05, 3.63) is 386 Å². The van der Waals surface area contributed by atoms with E-state index < -0.39 is 0 Å². The lowest BCUT2D eigenvalue weighted by atomic mass is 9.80. The molecular formula is C114H70. The minimum Gasteiger partial charge on any atom is -0.0622 e. The smallest absolute Gasteiger partial charge is 0.000718 e. The van der Waals surface area contributed by atoms with E-state index in [1.165, 1.54) is 273 Å². The summed E-state index contributed by atoms with van der Waals surface area (Å²) in [6, 6.07) is 137. The van der Waals surface area contributed by atoms with Gasteiger partial charge in [0.05, 0.1) is 0 Å². The van der Waals surface area contributed by atoms with Crippen molar-refractivity contribution in [2.45, 2.75) is 26.7 Å². The summed E-state index contributed by atoms with van der Waals surface area (Å²) in [4.78, 5) is 0. The summed E-state index contributed by atoms with van der Waals surface area (Å²) in [5, 5.41) is 42.6. The predicted octanol–water partition coefficient (Wildman–Crippen LogP) is 32.0. The lowest BCUT2D eigenvalue weighted by Crippen LogP contribution is -2.05. The van der Waals surface area contributed by atoms with Crippen LogP contribution in [0.5, 0.6) is 0 Å². The van der Waals surface area contributed by atoms with Gasteiger partial charge in [0.1, 0.15) is 0 Å². The van der Waals surface area contributed by atoms with Gasteiger partial charge in [-0.1, -0.05) is 334 Å². The molecule has 0 saturated heterocycles. The predicted molar refractivity (Wildman–Crippen MR) is 493 cm³/mol. The van der Waals surface area contributed by atoms with E-state index in [1.807, 2.05) is 0 Å². The van der Waals surface area contributed by atoms with Crippen LogP contribution in [0.25, 0.3) is 250 Å². The molecule has 0 atom stereocenters. The molecule has 0 bridgehead atoms. The molecule has 114 heavy (non-hydrogen) atoms. The Bertz CT molecular complexity index is 8340. The Labute approximate surface area is 658 Å². The zero-order chi connectivity index (χ0) is 74.7. The van der Waals surface area contributed by atoms with E-state index >= 15 is 0 Å². The van der Waals surface area contributed by atoms with Crippen molar-refractivity contribution in [3.8, 4) is 77.9 Å². The normalized spacial score (nSPS) is 12.6. The van der Waals surface area contributed by atoms with Gasteiger partial charge in [0.2, 0.25) is 0 Å². The summed E-state index contributed by atoms with van der Waals surface area (Å²) in [6.45, 7) is 4.48. The van der Waals surface area contributed by atoms with Gasteiger partial charge in [0, 0.05) is 0 Å². The van der Waals surface area contributed by atoms with Crippen LogP contribution in [0, 0.1) is 13.8 Å². The van der Waals surface area contributed by atoms with E-state index in [4.69, 9.17) is 0 Å². The highest BCUT2D eigenvalue weighted by Crippen LogP contribution is 2.59. The Morgan fingerprint density at radius 1 is 0.149 bits per heavy atom. The minimum absolute atomic E-state index is 1.02. The number of aryl methyl sites for hydroxylation is 4. The van der Waals surface area contributed by atoms with Crippen molar-refractivity contribution >= 4 is 172 Å². The van der Waals surface area contributed by atoms with Gasteiger partial charge in [-0.3, -0.25) is 0 Å². The van der Waals surface area contributed by atoms with E-state index in [1.54, 1.807) is 0 Å². The van der Waals surface area contributed by atoms with E-state index in [2.05, 4.69) is 378 Å². The second-order valence-corrected chi connectivity index (χ2v) is 32.1. The van der Waals surface area contributed by atoms with Gasteiger partial charge in [0.15, 0.2) is 0 Å². The van der Waals surface area contributed by atoms with Gasteiger partial charge in [-0.2, -0.15) is 0 Å². The van der Waals surface area contributed by atoms with Crippen LogP contribution in [0.1, 0.15) is 22.3 Å². The molecule has 0 heterocycles. The number of hydrogen-bond donors (Lipinski definition) is 0. The monoisotopic (exact) mass is 1440 g/mol. The highest BCUT2D eigenvalue weighted by Gasteiger charge is 2.32. The molecule has 0 fully saturated rings. The molecule has 0 amide bonds. The van der Waals surface area contributed by atoms with E-state index in [-0.39, 0.29) is 0 Å². The first kappa shape index (κ1) is 63.5. The fraction of sp³-hybridized carbons (Fsp3) is 0.0351. The lowest BCUT2D eigenvalue weighted by molar-refractivity contribution is 0.947. The van der Waals surface area contributed by atoms with Gasteiger partial charge in [-0.15, -0.1) is 0 Å². The van der Waals surface area contributed by atoms with E-state index in [0.717, 1.165) is 12.8 Å². The molecule has 0 heteroatoms. The van der Waals surface area contributed by atoms with Crippen molar-refractivity contribution in [2.75, 3.05) is 0 Å². The molecule has 1 aliphatic rings. The Kier molecular flexibility index (Phi) is 13.4. The Morgan fingerprint density at radius 3 is 1.04 bits per heavy atom. The standard InChI is InChI=1S/C58H38.C56H32/c1-33-14-11-15-34(2)50(33)38-28-29-40-37(30-38)26-27-39-31-48-55-44(51(39)40)23-13-25-46(55)57-53(36-18-7-4-8-19-36)56-45-24-12-22-43-41-20-9-10-21-42(41)47(54(43)45)32-49(56)52(58(48)57)35-16-5-3-6-17-35;1-4-14-33(15-5-1)36-28-29-39-37(30-36)26-27-38-31-47-53-43(49(38)39)23-13-25-45(53)55-51(35-18-8-3-9-19-35)54-44-24-12-22-42-40-20-10-11-21-41(40)46(52(42)44)32-48(54)50(56(47)55)34-16-6-2-7-17-34/h3-25,28-32H,26-27H2,1-2H3;1-32H. The number of hydrogen-bond acceptors (Lipinski definition) is 0. The highest BCUT2D eigenvalue weighted by atomic mass is 14.3. The molecule has 0 aromatic heterocycles. The van der Waals surface area contributed by atoms with Gasteiger partial charge >= 0.3 is 0 Å². The Balaban J connectivity index is 0.000000129. The van der Waals surface area contributed by atoms with E-state index in [0.29, 0.717) is 0 Å². The number of benzene rings is 21. The first-order valence-electron chi connectivity index (χ1n) is 40.3. The van der Waals surface area contributed by atoms with Crippen molar-refractivity contribution in [3.63, 3.8) is 0 Å². The summed E-state index contributed by atoms with van der Waals surface area (Å²) < 4.78 is 0. The molecule has 25 aromatic carbocycles. The fourth-order valence-corrected chi connectivity index (χ4v) is 21.8. The zero-order valence-corrected chi connectivity index (χ0v) is 63.1. The molecule has 0 aliphatic heterocycles. The summed E-state index contributed by atoms with van der Waals surface area (Å²) in [7, 11) is 0. The second kappa shape index (κ2) is 24.1. The fourth-order valence-electron chi connectivity index (χ4n) is 21.8. The largest absolute Gasteiger partial charge is 0.0622 e. The van der Waals surface area contributed by atoms with Crippen molar-refractivity contribution in [1.82, 2.24) is 0 Å². The molecule has 26 rings (SSSR count). The van der Waals surface area contributed by atoms with Crippen LogP contribution in [0.4, 0.5) is 0 Å². The quantitative estimate of drug-likeness (QED) is 0.146. The molecule has 0 unspecified atom stereocenters. The van der Waals surface area contributed by atoms with Crippen LogP contribution in [-0.4, -0.2) is 0 Å². The van der Waals surface area contributed by atoms with Gasteiger partial charge in [-0.25, -0.2) is 0 Å². The van der Waals surface area contributed by atoms with Crippen LogP contribution in [0.15, 0.2) is 364 Å². The third-order valence-electron chi connectivity index (χ3n) is 26.3. The Hall–Kier alpha value is -14.3. The summed E-state index contributed by atoms with van der Waals surface area (Å²) >= 11 is 0. The maximum atomic E-state index is 2.59. The maximum Gasteiger partial charge on any atom is -0.000718 e. The van der Waals surface area contributed by atoms with Crippen molar-refractivity contribution in [2.24, 2.45) is 0 Å². The average Bonchev–Trinajstić information content (AvgIpc) is 1.51. The highest BCUT2D eigenvalue weighted by molar-refractivity contribution is 6.49. The van der Waals surface area contributed by atoms with Crippen LogP contribution < -0.4 is 0 Å². The van der Waals surface area contributed by atoms with Crippen molar-refractivity contribution < 1.29 is 0 Å². The minimum atomic E-state index is 1.02. The molecule has 0 nitrogen and oxygen atoms in total.